The van der Waals surface area contributed by atoms with Gasteiger partial charge in [0.2, 0.25) is 0 Å². The van der Waals surface area contributed by atoms with Gasteiger partial charge in [-0.3, -0.25) is 4.79 Å². The van der Waals surface area contributed by atoms with E-state index in [2.05, 4.69) is 0 Å². The summed E-state index contributed by atoms with van der Waals surface area (Å²) in [5, 5.41) is 10.9. The first kappa shape index (κ1) is 16.7. The Bertz CT molecular complexity index is 945. The first-order valence-corrected chi connectivity index (χ1v) is 8.14. The molecule has 3 rings (SSSR count). The van der Waals surface area contributed by atoms with Crippen molar-refractivity contribution in [2.24, 2.45) is 0 Å². The number of hydrogen-bond acceptors (Lipinski definition) is 2. The summed E-state index contributed by atoms with van der Waals surface area (Å²) in [5.41, 5.74) is 2.82. The molecule has 1 amide bonds. The van der Waals surface area contributed by atoms with E-state index in [1.165, 1.54) is 0 Å². The number of fused-ring (bicyclic) bond motifs is 1. The number of amides is 1. The van der Waals surface area contributed by atoms with Gasteiger partial charge < -0.3 is 10.0 Å². The van der Waals surface area contributed by atoms with E-state index in [0.29, 0.717) is 12.1 Å². The van der Waals surface area contributed by atoms with Gasteiger partial charge in [-0.15, -0.1) is 0 Å². The number of carboxylic acids is 1. The van der Waals surface area contributed by atoms with Crippen LogP contribution in [0.2, 0.25) is 0 Å². The number of carboxylic acid groups (broad SMARTS) is 1. The van der Waals surface area contributed by atoms with Crippen LogP contribution in [0.4, 0.5) is 0 Å². The van der Waals surface area contributed by atoms with E-state index in [-0.39, 0.29) is 11.5 Å². The van der Waals surface area contributed by atoms with Crippen molar-refractivity contribution in [1.82, 2.24) is 4.90 Å². The number of benzene rings is 3. The molecule has 0 saturated heterocycles. The Balaban J connectivity index is 2.15. The van der Waals surface area contributed by atoms with E-state index in [4.69, 9.17) is 5.11 Å². The van der Waals surface area contributed by atoms with Crippen LogP contribution in [0.25, 0.3) is 21.9 Å². The van der Waals surface area contributed by atoms with Gasteiger partial charge in [0.05, 0.1) is 5.56 Å². The van der Waals surface area contributed by atoms with Crippen molar-refractivity contribution in [1.29, 1.82) is 0 Å². The monoisotopic (exact) mass is 333 g/mol. The zero-order valence-electron chi connectivity index (χ0n) is 14.2. The van der Waals surface area contributed by atoms with Crippen molar-refractivity contribution in [2.45, 2.75) is 6.92 Å². The summed E-state index contributed by atoms with van der Waals surface area (Å²) in [6, 6.07) is 18.3. The smallest absolute Gasteiger partial charge is 0.335 e. The van der Waals surface area contributed by atoms with Gasteiger partial charge in [0.1, 0.15) is 0 Å². The molecule has 1 N–H and O–H groups in total. The fourth-order valence-corrected chi connectivity index (χ4v) is 2.89. The van der Waals surface area contributed by atoms with Crippen molar-refractivity contribution in [3.63, 3.8) is 0 Å². The van der Waals surface area contributed by atoms with E-state index in [1.807, 2.05) is 43.3 Å². The van der Waals surface area contributed by atoms with Gasteiger partial charge in [-0.25, -0.2) is 4.79 Å². The molecule has 0 aromatic heterocycles. The molecule has 0 saturated carbocycles. The average molecular weight is 333 g/mol. The Morgan fingerprint density at radius 1 is 0.920 bits per heavy atom. The van der Waals surface area contributed by atoms with Crippen LogP contribution in [-0.2, 0) is 0 Å². The van der Waals surface area contributed by atoms with Crippen molar-refractivity contribution in [3.8, 4) is 11.1 Å². The molecule has 4 nitrogen and oxygen atoms in total. The number of hydrogen-bond donors (Lipinski definition) is 1. The third-order valence-corrected chi connectivity index (χ3v) is 4.42. The molecule has 0 bridgehead atoms. The number of rotatable bonds is 4. The quantitative estimate of drug-likeness (QED) is 0.774. The van der Waals surface area contributed by atoms with Gasteiger partial charge in [0.15, 0.2) is 0 Å². The SMILES string of the molecule is CCN(C)C(=O)c1cccc2c(-c3ccc(C(=O)O)cc3)cccc12. The summed E-state index contributed by atoms with van der Waals surface area (Å²) in [6.45, 7) is 2.59. The second-order valence-electron chi connectivity index (χ2n) is 5.91. The second-order valence-corrected chi connectivity index (χ2v) is 5.91. The minimum absolute atomic E-state index is 0.00789. The van der Waals surface area contributed by atoms with Gasteiger partial charge >= 0.3 is 5.97 Å². The predicted octanol–water partition coefficient (Wildman–Crippen LogP) is 4.30. The fourth-order valence-electron chi connectivity index (χ4n) is 2.89. The first-order valence-electron chi connectivity index (χ1n) is 8.14. The van der Waals surface area contributed by atoms with Crippen LogP contribution in [0.1, 0.15) is 27.6 Å². The summed E-state index contributed by atoms with van der Waals surface area (Å²) in [6.07, 6.45) is 0. The number of aromatic carboxylic acids is 1. The highest BCUT2D eigenvalue weighted by Gasteiger charge is 2.15. The molecule has 4 heteroatoms. The minimum Gasteiger partial charge on any atom is -0.478 e. The zero-order chi connectivity index (χ0) is 18.0. The third kappa shape index (κ3) is 3.11. The predicted molar refractivity (Wildman–Crippen MR) is 99.0 cm³/mol. The summed E-state index contributed by atoms with van der Waals surface area (Å²) < 4.78 is 0. The molecular formula is C21H19NO3. The normalized spacial score (nSPS) is 10.6. The highest BCUT2D eigenvalue weighted by molar-refractivity contribution is 6.10. The standard InChI is InChI=1S/C21H19NO3/c1-3-22(2)20(23)19-9-5-7-17-16(6-4-8-18(17)19)14-10-12-15(13-11-14)21(24)25/h4-13H,3H2,1-2H3,(H,24,25). The lowest BCUT2D eigenvalue weighted by atomic mass is 9.95. The molecule has 3 aromatic rings. The van der Waals surface area contributed by atoms with Gasteiger partial charge in [0.25, 0.3) is 5.91 Å². The lowest BCUT2D eigenvalue weighted by molar-refractivity contribution is 0.0696. The Labute approximate surface area is 146 Å². The molecule has 0 aliphatic carbocycles. The summed E-state index contributed by atoms with van der Waals surface area (Å²) in [7, 11) is 1.79. The fraction of sp³-hybridized carbons (Fsp3) is 0.143. The van der Waals surface area contributed by atoms with Crippen molar-refractivity contribution >= 4 is 22.6 Å². The number of carbonyl (C=O) groups is 2. The number of carbonyl (C=O) groups excluding carboxylic acids is 1. The largest absolute Gasteiger partial charge is 0.478 e. The molecule has 25 heavy (non-hydrogen) atoms. The molecule has 3 aromatic carbocycles. The second kappa shape index (κ2) is 6.77. The Hall–Kier alpha value is -3.14. The highest BCUT2D eigenvalue weighted by Crippen LogP contribution is 2.31. The van der Waals surface area contributed by atoms with E-state index in [1.54, 1.807) is 36.2 Å². The van der Waals surface area contributed by atoms with Crippen LogP contribution >= 0.6 is 0 Å². The Morgan fingerprint density at radius 3 is 2.20 bits per heavy atom. The molecule has 0 aliphatic heterocycles. The van der Waals surface area contributed by atoms with Crippen LogP contribution in [0.15, 0.2) is 60.7 Å². The van der Waals surface area contributed by atoms with Crippen LogP contribution < -0.4 is 0 Å². The molecule has 0 spiro atoms. The Kier molecular flexibility index (Phi) is 4.52. The molecular weight excluding hydrogens is 314 g/mol. The first-order chi connectivity index (χ1) is 12.0. The molecule has 0 heterocycles. The zero-order valence-corrected chi connectivity index (χ0v) is 14.2. The van der Waals surface area contributed by atoms with Gasteiger partial charge in [-0.05, 0) is 47.0 Å². The highest BCUT2D eigenvalue weighted by atomic mass is 16.4. The molecule has 0 unspecified atom stereocenters. The van der Waals surface area contributed by atoms with Gasteiger partial charge in [-0.1, -0.05) is 42.5 Å². The van der Waals surface area contributed by atoms with E-state index in [0.717, 1.165) is 21.9 Å². The average Bonchev–Trinajstić information content (AvgIpc) is 2.65. The maximum absolute atomic E-state index is 12.6. The van der Waals surface area contributed by atoms with Crippen LogP contribution in [0.3, 0.4) is 0 Å². The molecule has 0 atom stereocenters. The topological polar surface area (TPSA) is 57.6 Å². The number of nitrogens with zero attached hydrogens (tertiary/aromatic N) is 1. The molecule has 0 fully saturated rings. The summed E-state index contributed by atoms with van der Waals surface area (Å²) in [4.78, 5) is 25.3. The summed E-state index contributed by atoms with van der Waals surface area (Å²) in [5.74, 6) is -0.952. The maximum Gasteiger partial charge on any atom is 0.335 e. The van der Waals surface area contributed by atoms with Crippen molar-refractivity contribution in [2.75, 3.05) is 13.6 Å². The van der Waals surface area contributed by atoms with E-state index in [9.17, 15) is 9.59 Å². The van der Waals surface area contributed by atoms with Crippen molar-refractivity contribution < 1.29 is 14.7 Å². The van der Waals surface area contributed by atoms with E-state index >= 15 is 0 Å². The lowest BCUT2D eigenvalue weighted by Gasteiger charge is -2.17. The molecule has 126 valence electrons. The lowest BCUT2D eigenvalue weighted by Crippen LogP contribution is -2.26. The van der Waals surface area contributed by atoms with Gasteiger partial charge in [-0.2, -0.15) is 0 Å². The van der Waals surface area contributed by atoms with Gasteiger partial charge in [0, 0.05) is 19.2 Å². The molecule has 0 aliphatic rings. The van der Waals surface area contributed by atoms with E-state index < -0.39 is 5.97 Å². The molecule has 0 radical (unpaired) electrons. The maximum atomic E-state index is 12.6. The van der Waals surface area contributed by atoms with Crippen LogP contribution in [0.5, 0.6) is 0 Å². The van der Waals surface area contributed by atoms with Crippen molar-refractivity contribution in [3.05, 3.63) is 71.8 Å². The third-order valence-electron chi connectivity index (χ3n) is 4.42. The van der Waals surface area contributed by atoms with Crippen LogP contribution in [0, 0.1) is 0 Å². The Morgan fingerprint density at radius 2 is 1.56 bits per heavy atom. The van der Waals surface area contributed by atoms with Crippen LogP contribution in [-0.4, -0.2) is 35.5 Å². The minimum atomic E-state index is -0.944. The summed E-state index contributed by atoms with van der Waals surface area (Å²) >= 11 is 0.